The predicted molar refractivity (Wildman–Crippen MR) is 67.0 cm³/mol. The maximum Gasteiger partial charge on any atom is 0.126 e. The van der Waals surface area contributed by atoms with Crippen molar-refractivity contribution in [3.8, 4) is 0 Å². The van der Waals surface area contributed by atoms with E-state index in [1.807, 2.05) is 18.3 Å². The topological polar surface area (TPSA) is 24.9 Å². The molecule has 0 amide bonds. The molecular weight excluding hydrogens is 252 g/mol. The van der Waals surface area contributed by atoms with Crippen LogP contribution in [0.5, 0.6) is 0 Å². The molecule has 1 saturated carbocycles. The lowest BCUT2D eigenvalue weighted by molar-refractivity contribution is 0.358. The van der Waals surface area contributed by atoms with Gasteiger partial charge in [0.25, 0.3) is 0 Å². The van der Waals surface area contributed by atoms with Crippen molar-refractivity contribution in [3.05, 3.63) is 22.8 Å². The third-order valence-corrected chi connectivity index (χ3v) is 3.48. The molecule has 2 atom stereocenters. The second-order valence-corrected chi connectivity index (χ2v) is 5.39. The van der Waals surface area contributed by atoms with Crippen LogP contribution in [0, 0.1) is 5.92 Å². The number of anilines is 1. The van der Waals surface area contributed by atoms with Gasteiger partial charge in [-0.15, -0.1) is 0 Å². The van der Waals surface area contributed by atoms with Gasteiger partial charge in [0.1, 0.15) is 5.82 Å². The normalized spacial score (nSPS) is 26.3. The molecule has 0 saturated heterocycles. The van der Waals surface area contributed by atoms with E-state index >= 15 is 0 Å². The quantitative estimate of drug-likeness (QED) is 0.882. The minimum absolute atomic E-state index is 0.613. The van der Waals surface area contributed by atoms with Crippen LogP contribution in [-0.2, 0) is 0 Å². The zero-order chi connectivity index (χ0) is 10.7. The fourth-order valence-corrected chi connectivity index (χ4v) is 2.47. The minimum Gasteiger partial charge on any atom is -0.367 e. The van der Waals surface area contributed by atoms with Crippen molar-refractivity contribution < 1.29 is 0 Å². The van der Waals surface area contributed by atoms with Gasteiger partial charge in [0.05, 0.1) is 0 Å². The lowest BCUT2D eigenvalue weighted by Gasteiger charge is -2.27. The van der Waals surface area contributed by atoms with E-state index in [9.17, 15) is 0 Å². The van der Waals surface area contributed by atoms with E-state index in [0.717, 1.165) is 16.2 Å². The summed E-state index contributed by atoms with van der Waals surface area (Å²) in [7, 11) is 0. The summed E-state index contributed by atoms with van der Waals surface area (Å²) < 4.78 is 1.03. The highest BCUT2D eigenvalue weighted by Gasteiger charge is 2.18. The van der Waals surface area contributed by atoms with Crippen molar-refractivity contribution in [1.82, 2.24) is 4.98 Å². The van der Waals surface area contributed by atoms with Gasteiger partial charge in [0.15, 0.2) is 0 Å². The smallest absolute Gasteiger partial charge is 0.126 e. The van der Waals surface area contributed by atoms with Gasteiger partial charge >= 0.3 is 0 Å². The summed E-state index contributed by atoms with van der Waals surface area (Å²) in [6.45, 7) is 2.34. The minimum atomic E-state index is 0.613. The number of hydrogen-bond acceptors (Lipinski definition) is 2. The molecule has 1 N–H and O–H groups in total. The SMILES string of the molecule is CC1CCCC(Nc2ccc(Br)cn2)C1. The maximum absolute atomic E-state index is 4.34. The Balaban J connectivity index is 1.93. The summed E-state index contributed by atoms with van der Waals surface area (Å²) in [5, 5.41) is 3.51. The van der Waals surface area contributed by atoms with Crippen molar-refractivity contribution in [1.29, 1.82) is 0 Å². The van der Waals surface area contributed by atoms with Crippen LogP contribution in [0.3, 0.4) is 0 Å². The summed E-state index contributed by atoms with van der Waals surface area (Å²) in [6.07, 6.45) is 7.12. The molecule has 15 heavy (non-hydrogen) atoms. The fourth-order valence-electron chi connectivity index (χ4n) is 2.24. The lowest BCUT2D eigenvalue weighted by atomic mass is 9.87. The molecule has 1 aromatic rings. The Morgan fingerprint density at radius 3 is 2.93 bits per heavy atom. The zero-order valence-electron chi connectivity index (χ0n) is 9.04. The fraction of sp³-hybridized carbons (Fsp3) is 0.583. The highest BCUT2D eigenvalue weighted by molar-refractivity contribution is 9.10. The summed E-state index contributed by atoms with van der Waals surface area (Å²) in [5.41, 5.74) is 0. The predicted octanol–water partition coefficient (Wildman–Crippen LogP) is 3.83. The van der Waals surface area contributed by atoms with Crippen molar-refractivity contribution in [2.45, 2.75) is 38.6 Å². The Labute approximate surface area is 99.6 Å². The highest BCUT2D eigenvalue weighted by atomic mass is 79.9. The largest absolute Gasteiger partial charge is 0.367 e. The second-order valence-electron chi connectivity index (χ2n) is 4.47. The average molecular weight is 269 g/mol. The molecule has 2 nitrogen and oxygen atoms in total. The zero-order valence-corrected chi connectivity index (χ0v) is 10.6. The Bertz CT molecular complexity index is 310. The average Bonchev–Trinajstić information content (AvgIpc) is 2.22. The number of rotatable bonds is 2. The van der Waals surface area contributed by atoms with Crippen LogP contribution in [0.2, 0.25) is 0 Å². The number of nitrogens with zero attached hydrogens (tertiary/aromatic N) is 1. The van der Waals surface area contributed by atoms with Crippen LogP contribution < -0.4 is 5.32 Å². The number of aromatic nitrogens is 1. The molecule has 1 aromatic heterocycles. The van der Waals surface area contributed by atoms with Gasteiger partial charge in [0, 0.05) is 16.7 Å². The molecule has 0 aromatic carbocycles. The Hall–Kier alpha value is -0.570. The summed E-state index contributed by atoms with van der Waals surface area (Å²) in [6, 6.07) is 4.67. The van der Waals surface area contributed by atoms with E-state index < -0.39 is 0 Å². The van der Waals surface area contributed by atoms with Gasteiger partial charge < -0.3 is 5.32 Å². The first kappa shape index (κ1) is 10.9. The molecule has 1 aliphatic carbocycles. The van der Waals surface area contributed by atoms with Crippen molar-refractivity contribution in [3.63, 3.8) is 0 Å². The molecule has 82 valence electrons. The molecule has 0 radical (unpaired) electrons. The molecule has 2 rings (SSSR count). The maximum atomic E-state index is 4.34. The van der Waals surface area contributed by atoms with Gasteiger partial charge in [-0.2, -0.15) is 0 Å². The third-order valence-electron chi connectivity index (χ3n) is 3.02. The molecule has 1 heterocycles. The van der Waals surface area contributed by atoms with Gasteiger partial charge in [-0.1, -0.05) is 19.8 Å². The first-order valence-corrected chi connectivity index (χ1v) is 6.41. The molecule has 0 aliphatic heterocycles. The molecular formula is C12H17BrN2. The van der Waals surface area contributed by atoms with Gasteiger partial charge in [0.2, 0.25) is 0 Å². The summed E-state index contributed by atoms with van der Waals surface area (Å²) in [5.74, 6) is 1.85. The number of hydrogen-bond donors (Lipinski definition) is 1. The number of halogens is 1. The van der Waals surface area contributed by atoms with E-state index in [4.69, 9.17) is 0 Å². The first-order valence-electron chi connectivity index (χ1n) is 5.62. The van der Waals surface area contributed by atoms with Crippen LogP contribution >= 0.6 is 15.9 Å². The molecule has 1 aliphatic rings. The standard InChI is InChI=1S/C12H17BrN2/c1-9-3-2-4-11(7-9)15-12-6-5-10(13)8-14-12/h5-6,8-9,11H,2-4,7H2,1H3,(H,14,15). The number of pyridine rings is 1. The van der Waals surface area contributed by atoms with Crippen molar-refractivity contribution in [2.24, 2.45) is 5.92 Å². The van der Waals surface area contributed by atoms with Crippen molar-refractivity contribution in [2.75, 3.05) is 5.32 Å². The van der Waals surface area contributed by atoms with Crippen molar-refractivity contribution >= 4 is 21.7 Å². The van der Waals surface area contributed by atoms with Crippen LogP contribution in [-0.4, -0.2) is 11.0 Å². The van der Waals surface area contributed by atoms with E-state index in [0.29, 0.717) is 6.04 Å². The highest BCUT2D eigenvalue weighted by Crippen LogP contribution is 2.25. The monoisotopic (exact) mass is 268 g/mol. The third kappa shape index (κ3) is 3.20. The van der Waals surface area contributed by atoms with Gasteiger partial charge in [-0.25, -0.2) is 4.98 Å². The summed E-state index contributed by atoms with van der Waals surface area (Å²) >= 11 is 3.39. The van der Waals surface area contributed by atoms with Gasteiger partial charge in [-0.05, 0) is 46.8 Å². The second kappa shape index (κ2) is 4.97. The van der Waals surface area contributed by atoms with Crippen LogP contribution in [0.1, 0.15) is 32.6 Å². The number of nitrogens with one attached hydrogen (secondary N) is 1. The lowest BCUT2D eigenvalue weighted by Crippen LogP contribution is -2.26. The van der Waals surface area contributed by atoms with Crippen LogP contribution in [0.25, 0.3) is 0 Å². The molecule has 2 unspecified atom stereocenters. The summed E-state index contributed by atoms with van der Waals surface area (Å²) in [4.78, 5) is 4.34. The molecule has 0 spiro atoms. The molecule has 0 bridgehead atoms. The molecule has 3 heteroatoms. The Morgan fingerprint density at radius 2 is 2.27 bits per heavy atom. The molecule has 1 fully saturated rings. The van der Waals surface area contributed by atoms with E-state index in [2.05, 4.69) is 33.2 Å². The van der Waals surface area contributed by atoms with Crippen LogP contribution in [0.4, 0.5) is 5.82 Å². The van der Waals surface area contributed by atoms with Crippen LogP contribution in [0.15, 0.2) is 22.8 Å². The van der Waals surface area contributed by atoms with Gasteiger partial charge in [-0.3, -0.25) is 0 Å². The first-order chi connectivity index (χ1) is 7.24. The Morgan fingerprint density at radius 1 is 1.40 bits per heavy atom. The van der Waals surface area contributed by atoms with E-state index in [1.54, 1.807) is 0 Å². The van der Waals surface area contributed by atoms with E-state index in [1.165, 1.54) is 25.7 Å². The van der Waals surface area contributed by atoms with E-state index in [-0.39, 0.29) is 0 Å². The Kier molecular flexibility index (Phi) is 3.62.